The van der Waals surface area contributed by atoms with Crippen LogP contribution in [0.2, 0.25) is 0 Å². The number of fused-ring (bicyclic) bond motifs is 1. The van der Waals surface area contributed by atoms with E-state index in [0.717, 1.165) is 45.5 Å². The summed E-state index contributed by atoms with van der Waals surface area (Å²) in [5.74, 6) is 1.25. The monoisotopic (exact) mass is 426 g/mol. The molecular formula is C27H30N4O. The van der Waals surface area contributed by atoms with Gasteiger partial charge in [0.25, 0.3) is 0 Å². The van der Waals surface area contributed by atoms with Crippen molar-refractivity contribution < 1.29 is 4.42 Å². The smallest absolute Gasteiger partial charge is 0.243 e. The van der Waals surface area contributed by atoms with Crippen LogP contribution in [0.5, 0.6) is 0 Å². The van der Waals surface area contributed by atoms with Crippen LogP contribution in [0.25, 0.3) is 22.3 Å². The van der Waals surface area contributed by atoms with Crippen molar-refractivity contribution in [3.63, 3.8) is 0 Å². The molecule has 0 bridgehead atoms. The number of anilines is 1. The van der Waals surface area contributed by atoms with Gasteiger partial charge >= 0.3 is 0 Å². The Balaban J connectivity index is 1.84. The number of aromatic nitrogens is 2. The second-order valence-corrected chi connectivity index (χ2v) is 9.21. The third-order valence-corrected chi connectivity index (χ3v) is 5.51. The van der Waals surface area contributed by atoms with Gasteiger partial charge in [-0.05, 0) is 55.0 Å². The summed E-state index contributed by atoms with van der Waals surface area (Å²) >= 11 is 0. The fourth-order valence-corrected chi connectivity index (χ4v) is 3.69. The average molecular weight is 427 g/mol. The second kappa shape index (κ2) is 8.58. The number of nitrogens with one attached hydrogen (secondary N) is 1. The Hall–Kier alpha value is -3.47. The third-order valence-electron chi connectivity index (χ3n) is 5.51. The minimum Gasteiger partial charge on any atom is -0.456 e. The fraction of sp³-hybridized carbons (Fsp3) is 0.296. The van der Waals surface area contributed by atoms with Crippen molar-refractivity contribution in [2.45, 2.75) is 53.4 Å². The summed E-state index contributed by atoms with van der Waals surface area (Å²) in [5, 5.41) is 6.42. The quantitative estimate of drug-likeness (QED) is 0.389. The summed E-state index contributed by atoms with van der Waals surface area (Å²) in [6.07, 6.45) is 0.943. The Morgan fingerprint density at radius 2 is 1.59 bits per heavy atom. The molecule has 4 aromatic rings. The molecule has 0 unspecified atom stereocenters. The summed E-state index contributed by atoms with van der Waals surface area (Å²) in [4.78, 5) is 8.87. The minimum absolute atomic E-state index is 0.103. The van der Waals surface area contributed by atoms with Crippen molar-refractivity contribution >= 4 is 16.9 Å². The highest BCUT2D eigenvalue weighted by Gasteiger charge is 2.14. The van der Waals surface area contributed by atoms with E-state index in [1.54, 1.807) is 0 Å². The van der Waals surface area contributed by atoms with Gasteiger partial charge in [-0.1, -0.05) is 58.0 Å². The maximum absolute atomic E-state index is 6.28. The van der Waals surface area contributed by atoms with Gasteiger partial charge in [0, 0.05) is 28.4 Å². The number of benzene rings is 2. The van der Waals surface area contributed by atoms with Gasteiger partial charge in [-0.2, -0.15) is 5.10 Å². The third kappa shape index (κ3) is 4.72. The van der Waals surface area contributed by atoms with E-state index in [1.165, 1.54) is 11.1 Å². The van der Waals surface area contributed by atoms with Crippen LogP contribution in [-0.2, 0) is 11.8 Å². The van der Waals surface area contributed by atoms with Gasteiger partial charge in [0.15, 0.2) is 0 Å². The lowest BCUT2D eigenvalue weighted by Crippen LogP contribution is -2.11. The van der Waals surface area contributed by atoms with Gasteiger partial charge in [-0.15, -0.1) is 0 Å². The predicted octanol–water partition coefficient (Wildman–Crippen LogP) is 6.29. The van der Waals surface area contributed by atoms with E-state index >= 15 is 0 Å². The van der Waals surface area contributed by atoms with E-state index in [2.05, 4.69) is 84.6 Å². The molecule has 32 heavy (non-hydrogen) atoms. The molecule has 0 saturated carbocycles. The van der Waals surface area contributed by atoms with Crippen LogP contribution < -0.4 is 10.8 Å². The van der Waals surface area contributed by atoms with Crippen molar-refractivity contribution in [2.75, 3.05) is 5.43 Å². The van der Waals surface area contributed by atoms with Crippen molar-refractivity contribution in [3.05, 3.63) is 82.5 Å². The van der Waals surface area contributed by atoms with E-state index in [1.807, 2.05) is 32.0 Å². The van der Waals surface area contributed by atoms with Crippen molar-refractivity contribution in [3.8, 4) is 11.3 Å². The summed E-state index contributed by atoms with van der Waals surface area (Å²) in [6.45, 7) is 12.7. The molecule has 0 radical (unpaired) electrons. The van der Waals surface area contributed by atoms with Gasteiger partial charge in [0.2, 0.25) is 5.95 Å². The summed E-state index contributed by atoms with van der Waals surface area (Å²) in [6, 6.07) is 18.7. The fourth-order valence-electron chi connectivity index (χ4n) is 3.69. The van der Waals surface area contributed by atoms with E-state index in [4.69, 9.17) is 4.42 Å². The zero-order valence-corrected chi connectivity index (χ0v) is 19.7. The number of hydrogen-bond acceptors (Lipinski definition) is 5. The van der Waals surface area contributed by atoms with E-state index in [0.29, 0.717) is 5.95 Å². The van der Waals surface area contributed by atoms with Crippen LogP contribution >= 0.6 is 0 Å². The molecule has 2 aromatic heterocycles. The lowest BCUT2D eigenvalue weighted by molar-refractivity contribution is 0.589. The van der Waals surface area contributed by atoms with Gasteiger partial charge in [0.1, 0.15) is 11.3 Å². The van der Waals surface area contributed by atoms with E-state index in [-0.39, 0.29) is 5.41 Å². The number of rotatable bonds is 4. The normalized spacial score (nSPS) is 12.4. The predicted molar refractivity (Wildman–Crippen MR) is 130 cm³/mol. The Kier molecular flexibility index (Phi) is 5.83. The van der Waals surface area contributed by atoms with Crippen LogP contribution in [0.15, 0.2) is 64.1 Å². The lowest BCUT2D eigenvalue weighted by atomic mass is 9.86. The van der Waals surface area contributed by atoms with Gasteiger partial charge in [0.05, 0.1) is 5.36 Å². The van der Waals surface area contributed by atoms with Crippen LogP contribution in [0.4, 0.5) is 5.95 Å². The van der Waals surface area contributed by atoms with Crippen molar-refractivity contribution in [1.29, 1.82) is 0 Å². The standard InChI is InChI=1S/C27H30N4O/c1-7-19-8-13-24-22(15-19)23(30-31-26-28-17(2)14-18(3)29-26)16-25(32-24)20-9-11-21(12-10-20)27(4,5)6/h8-16H,7H2,1-6H3,(H,28,29,31)/b30-23+. The van der Waals surface area contributed by atoms with Crippen LogP contribution in [0, 0.1) is 13.8 Å². The van der Waals surface area contributed by atoms with Crippen molar-refractivity contribution in [1.82, 2.24) is 9.97 Å². The first kappa shape index (κ1) is 21.8. The first-order valence-corrected chi connectivity index (χ1v) is 11.0. The molecule has 0 saturated heterocycles. The molecule has 1 N–H and O–H groups in total. The molecule has 4 rings (SSSR count). The average Bonchev–Trinajstić information content (AvgIpc) is 2.75. The van der Waals surface area contributed by atoms with Crippen molar-refractivity contribution in [2.24, 2.45) is 5.10 Å². The topological polar surface area (TPSA) is 63.3 Å². The number of nitrogens with zero attached hydrogens (tertiary/aromatic N) is 3. The Morgan fingerprint density at radius 1 is 0.906 bits per heavy atom. The zero-order chi connectivity index (χ0) is 22.9. The van der Waals surface area contributed by atoms with E-state index in [9.17, 15) is 0 Å². The van der Waals surface area contributed by atoms with Gasteiger partial charge < -0.3 is 4.42 Å². The Morgan fingerprint density at radius 3 is 2.22 bits per heavy atom. The number of hydrogen-bond donors (Lipinski definition) is 1. The molecule has 5 nitrogen and oxygen atoms in total. The van der Waals surface area contributed by atoms with Gasteiger partial charge in [-0.3, -0.25) is 0 Å². The van der Waals surface area contributed by atoms with Gasteiger partial charge in [-0.25, -0.2) is 15.4 Å². The zero-order valence-electron chi connectivity index (χ0n) is 19.7. The molecule has 2 aromatic carbocycles. The molecule has 0 aliphatic heterocycles. The first-order chi connectivity index (χ1) is 15.2. The highest BCUT2D eigenvalue weighted by molar-refractivity contribution is 5.79. The minimum atomic E-state index is 0.103. The first-order valence-electron chi connectivity index (χ1n) is 11.0. The molecule has 164 valence electrons. The maximum atomic E-state index is 6.28. The Bertz CT molecular complexity index is 1310. The highest BCUT2D eigenvalue weighted by atomic mass is 16.3. The molecule has 0 spiro atoms. The molecule has 5 heteroatoms. The molecule has 0 aliphatic carbocycles. The second-order valence-electron chi connectivity index (χ2n) is 9.21. The molecule has 0 atom stereocenters. The van der Waals surface area contributed by atoms with Crippen LogP contribution in [-0.4, -0.2) is 9.97 Å². The SMILES string of the molecule is CCc1ccc2oc(-c3ccc(C(C)(C)C)cc3)c/c(=N\Nc3nc(C)cc(C)n3)c2c1. The summed E-state index contributed by atoms with van der Waals surface area (Å²) < 4.78 is 6.28. The summed E-state index contributed by atoms with van der Waals surface area (Å²) in [7, 11) is 0. The van der Waals surface area contributed by atoms with Crippen LogP contribution in [0.3, 0.4) is 0 Å². The van der Waals surface area contributed by atoms with E-state index < -0.39 is 0 Å². The molecule has 2 heterocycles. The maximum Gasteiger partial charge on any atom is 0.243 e. The number of aryl methyl sites for hydroxylation is 3. The molecule has 0 fully saturated rings. The summed E-state index contributed by atoms with van der Waals surface area (Å²) in [5.41, 5.74) is 9.26. The molecule has 0 aliphatic rings. The largest absolute Gasteiger partial charge is 0.456 e. The van der Waals surface area contributed by atoms with Crippen LogP contribution in [0.1, 0.15) is 50.2 Å². The lowest BCUT2D eigenvalue weighted by Gasteiger charge is -2.19. The Labute approximate surface area is 189 Å². The molecular weight excluding hydrogens is 396 g/mol. The highest BCUT2D eigenvalue weighted by Crippen LogP contribution is 2.27. The molecule has 0 amide bonds.